The molecule has 1 heterocycles. The zero-order chi connectivity index (χ0) is 11.2. The quantitative estimate of drug-likeness (QED) is 0.813. The second-order valence-corrected chi connectivity index (χ2v) is 4.47. The standard InChI is InChI=1S/C13H19FN2/c14-13-5-3-11(4-6-13)8-16-10-12-2-1-7-15-9-12/h3-6,12,15-16H,1-2,7-10H2/t12-/m1/s1. The van der Waals surface area contributed by atoms with Gasteiger partial charge in [-0.05, 0) is 56.1 Å². The van der Waals surface area contributed by atoms with E-state index >= 15 is 0 Å². The fraction of sp³-hybridized carbons (Fsp3) is 0.538. The maximum absolute atomic E-state index is 12.7. The zero-order valence-corrected chi connectivity index (χ0v) is 9.51. The molecule has 0 aromatic heterocycles. The van der Waals surface area contributed by atoms with Gasteiger partial charge in [0.15, 0.2) is 0 Å². The first-order chi connectivity index (χ1) is 7.84. The van der Waals surface area contributed by atoms with Crippen molar-refractivity contribution in [1.82, 2.24) is 10.6 Å². The van der Waals surface area contributed by atoms with Gasteiger partial charge in [0.05, 0.1) is 0 Å². The van der Waals surface area contributed by atoms with Gasteiger partial charge in [0.1, 0.15) is 5.82 Å². The van der Waals surface area contributed by atoms with Crippen molar-refractivity contribution in [2.45, 2.75) is 19.4 Å². The van der Waals surface area contributed by atoms with Gasteiger partial charge in [-0.1, -0.05) is 12.1 Å². The number of benzene rings is 1. The molecule has 1 aromatic rings. The molecule has 1 atom stereocenters. The molecule has 2 rings (SSSR count). The zero-order valence-electron chi connectivity index (χ0n) is 9.51. The Hall–Kier alpha value is -0.930. The van der Waals surface area contributed by atoms with Crippen molar-refractivity contribution in [2.24, 2.45) is 5.92 Å². The molecule has 0 spiro atoms. The van der Waals surface area contributed by atoms with Gasteiger partial charge in [0.25, 0.3) is 0 Å². The summed E-state index contributed by atoms with van der Waals surface area (Å²) in [6.45, 7) is 4.16. The molecule has 0 radical (unpaired) electrons. The molecule has 16 heavy (non-hydrogen) atoms. The lowest BCUT2D eigenvalue weighted by atomic mass is 10.00. The Kier molecular flexibility index (Phi) is 4.31. The van der Waals surface area contributed by atoms with Crippen molar-refractivity contribution in [3.63, 3.8) is 0 Å². The molecule has 3 heteroatoms. The Morgan fingerprint density at radius 3 is 2.81 bits per heavy atom. The highest BCUT2D eigenvalue weighted by Crippen LogP contribution is 2.09. The maximum Gasteiger partial charge on any atom is 0.123 e. The van der Waals surface area contributed by atoms with Crippen LogP contribution in [0.5, 0.6) is 0 Å². The number of rotatable bonds is 4. The van der Waals surface area contributed by atoms with E-state index in [9.17, 15) is 4.39 Å². The van der Waals surface area contributed by atoms with Crippen LogP contribution in [0.25, 0.3) is 0 Å². The van der Waals surface area contributed by atoms with E-state index in [0.29, 0.717) is 0 Å². The summed E-state index contributed by atoms with van der Waals surface area (Å²) >= 11 is 0. The van der Waals surface area contributed by atoms with E-state index in [0.717, 1.165) is 37.7 Å². The Balaban J connectivity index is 1.69. The molecule has 0 amide bonds. The van der Waals surface area contributed by atoms with E-state index in [1.807, 2.05) is 12.1 Å². The lowest BCUT2D eigenvalue weighted by Gasteiger charge is -2.22. The highest BCUT2D eigenvalue weighted by atomic mass is 19.1. The number of piperidine rings is 1. The smallest absolute Gasteiger partial charge is 0.123 e. The number of hydrogen-bond acceptors (Lipinski definition) is 2. The molecular weight excluding hydrogens is 203 g/mol. The van der Waals surface area contributed by atoms with Crippen LogP contribution in [0.2, 0.25) is 0 Å². The molecular formula is C13H19FN2. The molecule has 1 aliphatic rings. The van der Waals surface area contributed by atoms with Crippen LogP contribution in [0.4, 0.5) is 4.39 Å². The summed E-state index contributed by atoms with van der Waals surface area (Å²) in [6, 6.07) is 6.70. The average molecular weight is 222 g/mol. The molecule has 1 saturated heterocycles. The van der Waals surface area contributed by atoms with E-state index in [2.05, 4.69) is 10.6 Å². The van der Waals surface area contributed by atoms with Crippen molar-refractivity contribution < 1.29 is 4.39 Å². The Morgan fingerprint density at radius 1 is 1.31 bits per heavy atom. The van der Waals surface area contributed by atoms with E-state index in [-0.39, 0.29) is 5.82 Å². The first kappa shape index (κ1) is 11.6. The van der Waals surface area contributed by atoms with Crippen molar-refractivity contribution in [3.05, 3.63) is 35.6 Å². The van der Waals surface area contributed by atoms with Crippen LogP contribution in [-0.4, -0.2) is 19.6 Å². The van der Waals surface area contributed by atoms with E-state index in [4.69, 9.17) is 0 Å². The highest BCUT2D eigenvalue weighted by Gasteiger charge is 2.11. The fourth-order valence-electron chi connectivity index (χ4n) is 2.12. The van der Waals surface area contributed by atoms with Gasteiger partial charge < -0.3 is 10.6 Å². The minimum atomic E-state index is -0.166. The third kappa shape index (κ3) is 3.58. The number of nitrogens with one attached hydrogen (secondary N) is 2. The lowest BCUT2D eigenvalue weighted by molar-refractivity contribution is 0.360. The van der Waals surface area contributed by atoms with Crippen LogP contribution in [0.15, 0.2) is 24.3 Å². The summed E-state index contributed by atoms with van der Waals surface area (Å²) in [5.74, 6) is 0.578. The molecule has 1 aliphatic heterocycles. The lowest BCUT2D eigenvalue weighted by Crippen LogP contribution is -2.35. The van der Waals surface area contributed by atoms with Gasteiger partial charge >= 0.3 is 0 Å². The molecule has 0 unspecified atom stereocenters. The predicted molar refractivity (Wildman–Crippen MR) is 63.7 cm³/mol. The maximum atomic E-state index is 12.7. The predicted octanol–water partition coefficient (Wildman–Crippen LogP) is 1.91. The van der Waals surface area contributed by atoms with Gasteiger partial charge in [-0.15, -0.1) is 0 Å². The van der Waals surface area contributed by atoms with Crippen LogP contribution in [0.3, 0.4) is 0 Å². The third-order valence-corrected chi connectivity index (χ3v) is 3.07. The summed E-state index contributed by atoms with van der Waals surface area (Å²) in [5.41, 5.74) is 1.14. The minimum absolute atomic E-state index is 0.166. The first-order valence-corrected chi connectivity index (χ1v) is 6.00. The normalized spacial score (nSPS) is 20.9. The van der Waals surface area contributed by atoms with Crippen molar-refractivity contribution in [3.8, 4) is 0 Å². The molecule has 88 valence electrons. The second-order valence-electron chi connectivity index (χ2n) is 4.47. The summed E-state index contributed by atoms with van der Waals surface area (Å²) in [7, 11) is 0. The summed E-state index contributed by atoms with van der Waals surface area (Å²) in [6.07, 6.45) is 2.59. The van der Waals surface area contributed by atoms with Crippen molar-refractivity contribution in [1.29, 1.82) is 0 Å². The van der Waals surface area contributed by atoms with E-state index < -0.39 is 0 Å². The number of hydrogen-bond donors (Lipinski definition) is 2. The van der Waals surface area contributed by atoms with Crippen LogP contribution in [-0.2, 0) is 6.54 Å². The summed E-state index contributed by atoms with van der Waals surface area (Å²) in [4.78, 5) is 0. The van der Waals surface area contributed by atoms with Crippen molar-refractivity contribution >= 4 is 0 Å². The van der Waals surface area contributed by atoms with Crippen LogP contribution < -0.4 is 10.6 Å². The Labute approximate surface area is 96.2 Å². The average Bonchev–Trinajstić information content (AvgIpc) is 2.33. The van der Waals surface area contributed by atoms with E-state index in [1.165, 1.54) is 25.0 Å². The molecule has 0 bridgehead atoms. The second kappa shape index (κ2) is 5.97. The van der Waals surface area contributed by atoms with Crippen LogP contribution in [0.1, 0.15) is 18.4 Å². The molecule has 2 nitrogen and oxygen atoms in total. The molecule has 0 aliphatic carbocycles. The Bertz CT molecular complexity index is 304. The molecule has 0 saturated carbocycles. The summed E-state index contributed by atoms with van der Waals surface area (Å²) < 4.78 is 12.7. The van der Waals surface area contributed by atoms with Gasteiger partial charge in [-0.2, -0.15) is 0 Å². The van der Waals surface area contributed by atoms with Gasteiger partial charge in [0.2, 0.25) is 0 Å². The topological polar surface area (TPSA) is 24.1 Å². The fourth-order valence-corrected chi connectivity index (χ4v) is 2.12. The van der Waals surface area contributed by atoms with Crippen LogP contribution in [0, 0.1) is 11.7 Å². The largest absolute Gasteiger partial charge is 0.316 e. The minimum Gasteiger partial charge on any atom is -0.316 e. The van der Waals surface area contributed by atoms with E-state index in [1.54, 1.807) is 0 Å². The van der Waals surface area contributed by atoms with Gasteiger partial charge in [0, 0.05) is 6.54 Å². The first-order valence-electron chi connectivity index (χ1n) is 6.00. The van der Waals surface area contributed by atoms with Gasteiger partial charge in [-0.25, -0.2) is 4.39 Å². The highest BCUT2D eigenvalue weighted by molar-refractivity contribution is 5.15. The van der Waals surface area contributed by atoms with Crippen LogP contribution >= 0.6 is 0 Å². The Morgan fingerprint density at radius 2 is 2.12 bits per heavy atom. The molecule has 1 fully saturated rings. The molecule has 2 N–H and O–H groups in total. The summed E-state index contributed by atoms with van der Waals surface area (Å²) in [5, 5.41) is 6.83. The third-order valence-electron chi connectivity index (χ3n) is 3.07. The monoisotopic (exact) mass is 222 g/mol. The molecule has 1 aromatic carbocycles. The number of halogens is 1. The van der Waals surface area contributed by atoms with Crippen molar-refractivity contribution in [2.75, 3.05) is 19.6 Å². The SMILES string of the molecule is Fc1ccc(CNC[C@@H]2CCCNC2)cc1. The van der Waals surface area contributed by atoms with Gasteiger partial charge in [-0.3, -0.25) is 0 Å².